The highest BCUT2D eigenvalue weighted by Gasteiger charge is 2.34. The zero-order valence-electron chi connectivity index (χ0n) is 11.7. The number of rotatable bonds is 3. The fraction of sp³-hybridized carbons (Fsp3) is 0.533. The smallest absolute Gasteiger partial charge is 0.226 e. The van der Waals surface area contributed by atoms with Crippen LogP contribution in [0.15, 0.2) is 24.3 Å². The van der Waals surface area contributed by atoms with E-state index in [4.69, 9.17) is 0 Å². The van der Waals surface area contributed by atoms with Crippen LogP contribution in [0.4, 0.5) is 0 Å². The molecule has 1 aromatic rings. The molecule has 1 fully saturated rings. The topological polar surface area (TPSA) is 41.1 Å². The Hall–Kier alpha value is -1.06. The van der Waals surface area contributed by atoms with Gasteiger partial charge in [-0.1, -0.05) is 36.8 Å². The Bertz CT molecular complexity index is 411. The van der Waals surface area contributed by atoms with Gasteiger partial charge in [0, 0.05) is 12.0 Å². The van der Waals surface area contributed by atoms with Crippen LogP contribution in [0.5, 0.6) is 0 Å². The van der Waals surface area contributed by atoms with E-state index in [1.807, 2.05) is 0 Å². The summed E-state index contributed by atoms with van der Waals surface area (Å²) in [5.74, 6) is 0.185. The Morgan fingerprint density at radius 1 is 1.26 bits per heavy atom. The van der Waals surface area contributed by atoms with Gasteiger partial charge in [0.25, 0.3) is 0 Å². The minimum atomic E-state index is -0.198. The van der Waals surface area contributed by atoms with Gasteiger partial charge < -0.3 is 10.6 Å². The van der Waals surface area contributed by atoms with Gasteiger partial charge in [0.2, 0.25) is 5.91 Å². The van der Waals surface area contributed by atoms with Crippen molar-refractivity contribution in [2.75, 3.05) is 13.1 Å². The van der Waals surface area contributed by atoms with E-state index in [9.17, 15) is 4.79 Å². The van der Waals surface area contributed by atoms with Crippen LogP contribution in [0.3, 0.4) is 0 Å². The molecule has 106 valence electrons. The molecule has 0 atom stereocenters. The number of hydrogen-bond acceptors (Lipinski definition) is 2. The first-order valence-corrected chi connectivity index (χ1v) is 6.65. The number of halogens is 1. The summed E-state index contributed by atoms with van der Waals surface area (Å²) in [5, 5.41) is 6.36. The third kappa shape index (κ3) is 4.22. The van der Waals surface area contributed by atoms with Crippen molar-refractivity contribution in [1.82, 2.24) is 10.6 Å². The van der Waals surface area contributed by atoms with Crippen LogP contribution in [-0.4, -0.2) is 19.0 Å². The van der Waals surface area contributed by atoms with E-state index >= 15 is 0 Å². The summed E-state index contributed by atoms with van der Waals surface area (Å²) >= 11 is 0. The van der Waals surface area contributed by atoms with Crippen LogP contribution in [0.25, 0.3) is 0 Å². The Kier molecular flexibility index (Phi) is 5.83. The number of carbonyl (C=O) groups excluding carboxylic acids is 1. The Balaban J connectivity index is 0.00000180. The second-order valence-electron chi connectivity index (χ2n) is 5.48. The molecule has 1 heterocycles. The molecule has 0 saturated carbocycles. The highest BCUT2D eigenvalue weighted by atomic mass is 35.5. The summed E-state index contributed by atoms with van der Waals surface area (Å²) in [7, 11) is 0. The molecule has 4 heteroatoms. The lowest BCUT2D eigenvalue weighted by molar-refractivity contribution is -0.131. The van der Waals surface area contributed by atoms with Gasteiger partial charge in [0.1, 0.15) is 0 Å². The average molecular weight is 283 g/mol. The molecule has 0 radical (unpaired) electrons. The van der Waals surface area contributed by atoms with E-state index in [1.165, 1.54) is 5.56 Å². The van der Waals surface area contributed by atoms with E-state index < -0.39 is 0 Å². The molecule has 0 unspecified atom stereocenters. The number of nitrogens with one attached hydrogen (secondary N) is 2. The molecular weight excluding hydrogens is 260 g/mol. The Morgan fingerprint density at radius 3 is 2.42 bits per heavy atom. The highest BCUT2D eigenvalue weighted by molar-refractivity contribution is 5.85. The first-order valence-electron chi connectivity index (χ1n) is 6.65. The molecule has 1 saturated heterocycles. The number of piperidine rings is 1. The monoisotopic (exact) mass is 282 g/mol. The standard InChI is InChI=1S/C15H22N2O.ClH/c1-12-3-5-13(6-4-12)11-17-14(18)15(2)7-9-16-10-8-15;/h3-6,16H,7-11H2,1-2H3,(H,17,18);1H. The minimum Gasteiger partial charge on any atom is -0.352 e. The molecule has 0 spiro atoms. The molecule has 0 aliphatic carbocycles. The van der Waals surface area contributed by atoms with Crippen molar-refractivity contribution in [3.63, 3.8) is 0 Å². The van der Waals surface area contributed by atoms with E-state index in [-0.39, 0.29) is 23.7 Å². The molecule has 19 heavy (non-hydrogen) atoms. The second kappa shape index (κ2) is 6.92. The normalized spacial score (nSPS) is 17.4. The highest BCUT2D eigenvalue weighted by Crippen LogP contribution is 2.27. The quantitative estimate of drug-likeness (QED) is 0.894. The summed E-state index contributed by atoms with van der Waals surface area (Å²) in [4.78, 5) is 12.2. The molecule has 1 amide bonds. The fourth-order valence-electron chi connectivity index (χ4n) is 2.31. The van der Waals surface area contributed by atoms with Crippen molar-refractivity contribution in [3.05, 3.63) is 35.4 Å². The third-order valence-electron chi connectivity index (χ3n) is 3.83. The van der Waals surface area contributed by atoms with Crippen LogP contribution < -0.4 is 10.6 Å². The van der Waals surface area contributed by atoms with Crippen LogP contribution in [-0.2, 0) is 11.3 Å². The fourth-order valence-corrected chi connectivity index (χ4v) is 2.31. The van der Waals surface area contributed by atoms with E-state index in [1.54, 1.807) is 0 Å². The molecule has 3 nitrogen and oxygen atoms in total. The molecule has 1 aliphatic heterocycles. The van der Waals surface area contributed by atoms with E-state index in [0.717, 1.165) is 31.5 Å². The van der Waals surface area contributed by atoms with E-state index in [2.05, 4.69) is 48.7 Å². The molecular formula is C15H23ClN2O. The SMILES string of the molecule is Cc1ccc(CNC(=O)C2(C)CCNCC2)cc1.Cl. The molecule has 2 rings (SSSR count). The maximum Gasteiger partial charge on any atom is 0.226 e. The number of carbonyl (C=O) groups is 1. The molecule has 1 aliphatic rings. The maximum absolute atomic E-state index is 12.2. The summed E-state index contributed by atoms with van der Waals surface area (Å²) in [5.41, 5.74) is 2.21. The zero-order chi connectivity index (χ0) is 13.0. The largest absolute Gasteiger partial charge is 0.352 e. The molecule has 1 aromatic carbocycles. The van der Waals surface area contributed by atoms with Crippen LogP contribution in [0.1, 0.15) is 30.9 Å². The van der Waals surface area contributed by atoms with Gasteiger partial charge in [0.15, 0.2) is 0 Å². The third-order valence-corrected chi connectivity index (χ3v) is 3.83. The van der Waals surface area contributed by atoms with Gasteiger partial charge in [0.05, 0.1) is 0 Å². The van der Waals surface area contributed by atoms with Crippen molar-refractivity contribution in [2.45, 2.75) is 33.2 Å². The minimum absolute atomic E-state index is 0. The summed E-state index contributed by atoms with van der Waals surface area (Å²) < 4.78 is 0. The van der Waals surface area contributed by atoms with Crippen molar-refractivity contribution in [1.29, 1.82) is 0 Å². The van der Waals surface area contributed by atoms with Gasteiger partial charge in [-0.25, -0.2) is 0 Å². The van der Waals surface area contributed by atoms with Crippen LogP contribution in [0.2, 0.25) is 0 Å². The maximum atomic E-state index is 12.2. The Morgan fingerprint density at radius 2 is 1.84 bits per heavy atom. The number of benzene rings is 1. The van der Waals surface area contributed by atoms with Crippen LogP contribution >= 0.6 is 12.4 Å². The van der Waals surface area contributed by atoms with E-state index in [0.29, 0.717) is 6.54 Å². The van der Waals surface area contributed by atoms with Crippen molar-refractivity contribution >= 4 is 18.3 Å². The summed E-state index contributed by atoms with van der Waals surface area (Å²) in [6.07, 6.45) is 1.85. The first-order chi connectivity index (χ1) is 8.60. The lowest BCUT2D eigenvalue weighted by Crippen LogP contribution is -2.45. The zero-order valence-corrected chi connectivity index (χ0v) is 12.5. The number of amides is 1. The van der Waals surface area contributed by atoms with Crippen molar-refractivity contribution < 1.29 is 4.79 Å². The van der Waals surface area contributed by atoms with Gasteiger partial charge >= 0.3 is 0 Å². The molecule has 0 bridgehead atoms. The van der Waals surface area contributed by atoms with Gasteiger partial charge in [-0.2, -0.15) is 0 Å². The van der Waals surface area contributed by atoms with Gasteiger partial charge in [-0.3, -0.25) is 4.79 Å². The van der Waals surface area contributed by atoms with Crippen molar-refractivity contribution in [2.24, 2.45) is 5.41 Å². The molecule has 0 aromatic heterocycles. The molecule has 2 N–H and O–H groups in total. The second-order valence-corrected chi connectivity index (χ2v) is 5.48. The number of hydrogen-bond donors (Lipinski definition) is 2. The predicted octanol–water partition coefficient (Wildman–Crippen LogP) is 2.42. The predicted molar refractivity (Wildman–Crippen MR) is 80.5 cm³/mol. The van der Waals surface area contributed by atoms with Crippen LogP contribution in [0, 0.1) is 12.3 Å². The van der Waals surface area contributed by atoms with Crippen molar-refractivity contribution in [3.8, 4) is 0 Å². The lowest BCUT2D eigenvalue weighted by atomic mass is 9.80. The lowest BCUT2D eigenvalue weighted by Gasteiger charge is -2.32. The summed E-state index contributed by atoms with van der Waals surface area (Å²) in [6.45, 7) is 6.64. The average Bonchev–Trinajstić information content (AvgIpc) is 2.38. The summed E-state index contributed by atoms with van der Waals surface area (Å²) in [6, 6.07) is 8.29. The Labute approximate surface area is 121 Å². The first kappa shape index (κ1) is 16.0. The van der Waals surface area contributed by atoms with Gasteiger partial charge in [-0.15, -0.1) is 12.4 Å². The number of aryl methyl sites for hydroxylation is 1. The van der Waals surface area contributed by atoms with Gasteiger partial charge in [-0.05, 0) is 38.4 Å².